The second-order valence-corrected chi connectivity index (χ2v) is 11.7. The molecule has 0 amide bonds. The fraction of sp³-hybridized carbons (Fsp3) is 0.462. The predicted octanol–water partition coefficient (Wildman–Crippen LogP) is 4.04. The van der Waals surface area contributed by atoms with Crippen molar-refractivity contribution in [2.45, 2.75) is 71.1 Å². The van der Waals surface area contributed by atoms with Gasteiger partial charge in [-0.25, -0.2) is 13.4 Å². The summed E-state index contributed by atoms with van der Waals surface area (Å²) in [5.74, 6) is 1.08. The van der Waals surface area contributed by atoms with Gasteiger partial charge in [0.05, 0.1) is 34.6 Å². The van der Waals surface area contributed by atoms with Crippen molar-refractivity contribution in [1.82, 2.24) is 34.9 Å². The first kappa shape index (κ1) is 27.5. The molecule has 0 aliphatic heterocycles. The van der Waals surface area contributed by atoms with Crippen molar-refractivity contribution in [1.29, 1.82) is 0 Å². The molecule has 0 fully saturated rings. The minimum Gasteiger partial charge on any atom is -0.374 e. The molecule has 4 aromatic heterocycles. The summed E-state index contributed by atoms with van der Waals surface area (Å²) in [7, 11) is -2.32. The Morgan fingerprint density at radius 3 is 2.39 bits per heavy atom. The lowest BCUT2D eigenvalue weighted by molar-refractivity contribution is 0.0983. The summed E-state index contributed by atoms with van der Waals surface area (Å²) in [6.07, 6.45) is 2.96. The Morgan fingerprint density at radius 2 is 1.82 bits per heavy atom. The number of methoxy groups -OCH3 is 1. The molecule has 11 nitrogen and oxygen atoms in total. The summed E-state index contributed by atoms with van der Waals surface area (Å²) >= 11 is 0. The van der Waals surface area contributed by atoms with Crippen LogP contribution in [0.3, 0.4) is 0 Å². The van der Waals surface area contributed by atoms with Gasteiger partial charge in [0, 0.05) is 24.6 Å². The fourth-order valence-corrected chi connectivity index (χ4v) is 6.12. The number of aromatic nitrogens is 7. The molecule has 0 aromatic carbocycles. The smallest absolute Gasteiger partial charge is 0.183 e. The lowest BCUT2D eigenvalue weighted by Gasteiger charge is -2.24. The summed E-state index contributed by atoms with van der Waals surface area (Å²) in [6, 6.07) is 5.31. The highest BCUT2D eigenvalue weighted by Crippen LogP contribution is 2.34. The number of sulfone groups is 1. The summed E-state index contributed by atoms with van der Waals surface area (Å²) in [6.45, 7) is 11.0. The average Bonchev–Trinajstić information content (AvgIpc) is 3.44. The molecule has 4 heterocycles. The van der Waals surface area contributed by atoms with Crippen LogP contribution in [0.25, 0.3) is 11.5 Å². The van der Waals surface area contributed by atoms with E-state index in [1.165, 1.54) is 7.11 Å². The number of nitrogens with zero attached hydrogens (tertiary/aromatic N) is 7. The van der Waals surface area contributed by atoms with Crippen molar-refractivity contribution < 1.29 is 17.7 Å². The highest BCUT2D eigenvalue weighted by atomic mass is 32.2. The second kappa shape index (κ2) is 11.1. The van der Waals surface area contributed by atoms with Crippen molar-refractivity contribution in [3.8, 4) is 11.5 Å². The van der Waals surface area contributed by atoms with E-state index >= 15 is 0 Å². The Kier molecular flexibility index (Phi) is 8.02. The summed E-state index contributed by atoms with van der Waals surface area (Å²) in [5.41, 5.74) is 4.19. The third-order valence-corrected chi connectivity index (χ3v) is 8.71. The van der Waals surface area contributed by atoms with Gasteiger partial charge >= 0.3 is 0 Å². The van der Waals surface area contributed by atoms with E-state index < -0.39 is 21.2 Å². The lowest BCUT2D eigenvalue weighted by atomic mass is 10.0. The lowest BCUT2D eigenvalue weighted by Crippen LogP contribution is -2.30. The van der Waals surface area contributed by atoms with Gasteiger partial charge in [-0.15, -0.1) is 10.2 Å². The SMILES string of the molecule is CC[C@@H](c1c(C)noc1C)n1c(CS(=O)(=O)[C@@H](C)[C@H](OC)c2cnc(C)cn2)nnc1-c1cccc(C)n1. The Bertz CT molecular complexity index is 1490. The number of ether oxygens (including phenoxy) is 1. The van der Waals surface area contributed by atoms with Gasteiger partial charge in [-0.2, -0.15) is 0 Å². The molecule has 0 unspecified atom stereocenters. The van der Waals surface area contributed by atoms with E-state index in [9.17, 15) is 8.42 Å². The zero-order valence-corrected chi connectivity index (χ0v) is 23.5. The van der Waals surface area contributed by atoms with Crippen molar-refractivity contribution in [2.75, 3.05) is 7.11 Å². The second-order valence-electron chi connectivity index (χ2n) is 9.39. The summed E-state index contributed by atoms with van der Waals surface area (Å²) in [4.78, 5) is 13.2. The number of hydrogen-bond acceptors (Lipinski definition) is 10. The van der Waals surface area contributed by atoms with E-state index in [0.717, 1.165) is 22.6 Å². The van der Waals surface area contributed by atoms with E-state index in [2.05, 4.69) is 30.3 Å². The minimum atomic E-state index is -3.79. The van der Waals surface area contributed by atoms with Crippen molar-refractivity contribution in [3.63, 3.8) is 0 Å². The molecule has 3 atom stereocenters. The molecule has 0 aliphatic rings. The Hall–Kier alpha value is -3.51. The first-order valence-corrected chi connectivity index (χ1v) is 14.1. The molecule has 12 heteroatoms. The number of aryl methyl sites for hydroxylation is 4. The molecule has 4 aromatic rings. The third kappa shape index (κ3) is 5.37. The zero-order chi connectivity index (χ0) is 27.6. The fourth-order valence-electron chi connectivity index (χ4n) is 4.68. The monoisotopic (exact) mass is 539 g/mol. The van der Waals surface area contributed by atoms with Crippen LogP contribution in [0, 0.1) is 27.7 Å². The van der Waals surface area contributed by atoms with Crippen molar-refractivity contribution >= 4 is 9.84 Å². The number of pyridine rings is 1. The molecule has 0 saturated carbocycles. The third-order valence-electron chi connectivity index (χ3n) is 6.67. The molecule has 4 rings (SSSR count). The quantitative estimate of drug-likeness (QED) is 0.290. The highest BCUT2D eigenvalue weighted by Gasteiger charge is 2.35. The van der Waals surface area contributed by atoms with Gasteiger partial charge in [-0.3, -0.25) is 9.97 Å². The molecule has 38 heavy (non-hydrogen) atoms. The van der Waals surface area contributed by atoms with Crippen LogP contribution in [0.15, 0.2) is 35.1 Å². The minimum absolute atomic E-state index is 0.298. The van der Waals surface area contributed by atoms with Gasteiger partial charge in [0.2, 0.25) is 0 Å². The van der Waals surface area contributed by atoms with Crippen LogP contribution in [0.2, 0.25) is 0 Å². The largest absolute Gasteiger partial charge is 0.374 e. The topological polar surface area (TPSA) is 139 Å². The molecule has 0 N–H and O–H groups in total. The van der Waals surface area contributed by atoms with Crippen LogP contribution < -0.4 is 0 Å². The molecule has 0 bridgehead atoms. The van der Waals surface area contributed by atoms with E-state index in [0.29, 0.717) is 35.2 Å². The molecule has 202 valence electrons. The number of hydrogen-bond donors (Lipinski definition) is 0. The first-order valence-electron chi connectivity index (χ1n) is 12.4. The molecule has 0 spiro atoms. The Labute approximate surface area is 222 Å². The average molecular weight is 540 g/mol. The van der Waals surface area contributed by atoms with Crippen LogP contribution >= 0.6 is 0 Å². The first-order chi connectivity index (χ1) is 18.1. The standard InChI is InChI=1S/C26H33N7O4S/c1-8-22(24-17(4)32-37-18(24)5)33-23(30-31-26(33)20-11-9-10-15(2)29-20)14-38(34,35)19(6)25(36-7)21-13-27-16(3)12-28-21/h9-13,19,22,25H,8,14H2,1-7H3/t19-,22-,25-/m0/s1. The van der Waals surface area contributed by atoms with Crippen LogP contribution in [0.5, 0.6) is 0 Å². The molecular formula is C26H33N7O4S. The van der Waals surface area contributed by atoms with E-state index in [1.54, 1.807) is 19.3 Å². The van der Waals surface area contributed by atoms with Gasteiger partial charge in [-0.05, 0) is 53.2 Å². The summed E-state index contributed by atoms with van der Waals surface area (Å²) in [5, 5.41) is 12.0. The van der Waals surface area contributed by atoms with Crippen molar-refractivity contribution in [3.05, 3.63) is 70.5 Å². The maximum atomic E-state index is 13.8. The maximum Gasteiger partial charge on any atom is 0.183 e. The molecular weight excluding hydrogens is 506 g/mol. The maximum absolute atomic E-state index is 13.8. The Morgan fingerprint density at radius 1 is 1.05 bits per heavy atom. The van der Waals surface area contributed by atoms with Gasteiger partial charge in [0.15, 0.2) is 15.7 Å². The van der Waals surface area contributed by atoms with E-state index in [-0.39, 0.29) is 11.8 Å². The Balaban J connectivity index is 1.80. The van der Waals surface area contributed by atoms with Crippen LogP contribution in [0.4, 0.5) is 0 Å². The van der Waals surface area contributed by atoms with E-state index in [4.69, 9.17) is 9.26 Å². The normalized spacial score (nSPS) is 14.4. The highest BCUT2D eigenvalue weighted by molar-refractivity contribution is 7.91. The van der Waals surface area contributed by atoms with Crippen LogP contribution in [-0.2, 0) is 20.3 Å². The van der Waals surface area contributed by atoms with Gasteiger partial charge in [0.25, 0.3) is 0 Å². The van der Waals surface area contributed by atoms with Gasteiger partial charge in [0.1, 0.15) is 29.1 Å². The van der Waals surface area contributed by atoms with Crippen molar-refractivity contribution in [2.24, 2.45) is 0 Å². The molecule has 0 radical (unpaired) electrons. The zero-order valence-electron chi connectivity index (χ0n) is 22.7. The van der Waals surface area contributed by atoms with E-state index in [1.807, 2.05) is 57.4 Å². The van der Waals surface area contributed by atoms with Crippen LogP contribution in [-0.4, -0.2) is 55.7 Å². The molecule has 0 saturated heterocycles. The number of rotatable bonds is 10. The molecule has 0 aliphatic carbocycles. The van der Waals surface area contributed by atoms with Crippen LogP contribution in [0.1, 0.15) is 72.3 Å². The van der Waals surface area contributed by atoms with Gasteiger partial charge < -0.3 is 13.8 Å². The van der Waals surface area contributed by atoms with Gasteiger partial charge in [-0.1, -0.05) is 18.1 Å². The predicted molar refractivity (Wildman–Crippen MR) is 141 cm³/mol. The summed E-state index contributed by atoms with van der Waals surface area (Å²) < 4.78 is 40.4.